The Labute approximate surface area is 199 Å². The molecule has 0 radical (unpaired) electrons. The number of anilines is 2. The number of hydrogen-bond acceptors (Lipinski definition) is 7. The molecule has 0 atom stereocenters. The molecule has 0 saturated carbocycles. The van der Waals surface area contributed by atoms with E-state index in [2.05, 4.69) is 45.3 Å². The molecule has 2 N–H and O–H groups in total. The minimum atomic E-state index is -1.14. The van der Waals surface area contributed by atoms with Crippen molar-refractivity contribution in [3.05, 3.63) is 47.5 Å². The predicted molar refractivity (Wildman–Crippen MR) is 132 cm³/mol. The van der Waals surface area contributed by atoms with Gasteiger partial charge in [-0.3, -0.25) is 4.79 Å². The number of nitrogens with one attached hydrogen (secondary N) is 2. The lowest BCUT2D eigenvalue weighted by atomic mass is 10.1. The zero-order valence-electron chi connectivity index (χ0n) is 19.5. The molecule has 0 saturated heterocycles. The average Bonchev–Trinajstić information content (AvgIpc) is 3.24. The monoisotopic (exact) mass is 488 g/mol. The van der Waals surface area contributed by atoms with Crippen LogP contribution in [0, 0.1) is 0 Å². The van der Waals surface area contributed by atoms with Gasteiger partial charge in [-0.2, -0.15) is 0 Å². The Morgan fingerprint density at radius 1 is 1.21 bits per heavy atom. The van der Waals surface area contributed by atoms with E-state index in [-0.39, 0.29) is 11.1 Å². The molecule has 0 bridgehead atoms. The third-order valence-corrected chi connectivity index (χ3v) is 6.74. The first-order valence-corrected chi connectivity index (χ1v) is 14.6. The third-order valence-electron chi connectivity index (χ3n) is 4.83. The van der Waals surface area contributed by atoms with E-state index >= 15 is 0 Å². The summed E-state index contributed by atoms with van der Waals surface area (Å²) in [5.41, 5.74) is 2.18. The van der Waals surface area contributed by atoms with Crippen LogP contribution in [0.2, 0.25) is 30.8 Å². The first kappa shape index (κ1) is 24.7. The normalized spacial score (nSPS) is 11.3. The van der Waals surface area contributed by atoms with Crippen LogP contribution in [-0.4, -0.2) is 54.5 Å². The van der Waals surface area contributed by atoms with Crippen molar-refractivity contribution in [3.8, 4) is 17.1 Å². The summed E-state index contributed by atoms with van der Waals surface area (Å²) in [5, 5.41) is 10.6. The number of methoxy groups -OCH3 is 1. The molecule has 3 rings (SSSR count). The highest BCUT2D eigenvalue weighted by atomic mass is 35.5. The second-order valence-electron chi connectivity index (χ2n) is 8.60. The Morgan fingerprint density at radius 3 is 2.70 bits per heavy atom. The second-order valence-corrected chi connectivity index (χ2v) is 14.6. The maximum absolute atomic E-state index is 12.2. The first-order chi connectivity index (χ1) is 15.7. The van der Waals surface area contributed by atoms with Crippen molar-refractivity contribution in [3.63, 3.8) is 0 Å². The number of carbonyl (C=O) groups excluding carboxylic acids is 1. The van der Waals surface area contributed by atoms with E-state index in [1.807, 2.05) is 18.2 Å². The number of benzene rings is 1. The lowest BCUT2D eigenvalue weighted by Crippen LogP contribution is -2.22. The second kappa shape index (κ2) is 10.8. The van der Waals surface area contributed by atoms with Crippen LogP contribution >= 0.6 is 11.6 Å². The fraction of sp³-hybridized carbons (Fsp3) is 0.364. The highest BCUT2D eigenvalue weighted by molar-refractivity contribution is 6.76. The van der Waals surface area contributed by atoms with Gasteiger partial charge in [0.25, 0.3) is 5.91 Å². The maximum Gasteiger partial charge on any atom is 0.254 e. The Morgan fingerprint density at radius 2 is 2.00 bits per heavy atom. The summed E-state index contributed by atoms with van der Waals surface area (Å²) in [7, 11) is 1.98. The molecule has 9 nitrogen and oxygen atoms in total. The van der Waals surface area contributed by atoms with Crippen LogP contribution in [0.4, 0.5) is 11.4 Å². The minimum Gasteiger partial charge on any atom is -0.494 e. The number of hydrogen-bond donors (Lipinski definition) is 2. The van der Waals surface area contributed by atoms with Crippen molar-refractivity contribution in [2.24, 2.45) is 0 Å². The highest BCUT2D eigenvalue weighted by Gasteiger charge is 2.18. The van der Waals surface area contributed by atoms with Crippen LogP contribution in [0.3, 0.4) is 0 Å². The van der Waals surface area contributed by atoms with E-state index in [1.165, 1.54) is 6.20 Å². The number of ether oxygens (including phenoxy) is 2. The number of aromatic nitrogens is 4. The number of carbonyl (C=O) groups is 1. The van der Waals surface area contributed by atoms with Crippen molar-refractivity contribution in [1.29, 1.82) is 0 Å². The molecule has 11 heteroatoms. The van der Waals surface area contributed by atoms with Gasteiger partial charge >= 0.3 is 0 Å². The fourth-order valence-corrected chi connectivity index (χ4v) is 3.96. The number of para-hydroxylation sites is 1. The lowest BCUT2D eigenvalue weighted by Gasteiger charge is -2.16. The van der Waals surface area contributed by atoms with E-state index < -0.39 is 8.07 Å². The molecule has 0 spiro atoms. The molecule has 0 aliphatic carbocycles. The molecule has 2 heterocycles. The Kier molecular flexibility index (Phi) is 8.06. The van der Waals surface area contributed by atoms with Gasteiger partial charge < -0.3 is 20.1 Å². The van der Waals surface area contributed by atoms with Crippen LogP contribution in [0.1, 0.15) is 10.4 Å². The quantitative estimate of drug-likeness (QED) is 0.247. The standard InChI is InChI=1S/C22H29ClN6O3Si/c1-24-22(30)16-12-25-19(23)11-18(16)27-17-8-6-7-15(20(17)31-2)21-26-13-29(28-21)14-32-9-10-33(3,4)5/h6-8,11-13H,9-10,14H2,1-5H3,(H,24,30)(H,25,27). The van der Waals surface area contributed by atoms with Gasteiger partial charge in [-0.05, 0) is 24.2 Å². The summed E-state index contributed by atoms with van der Waals surface area (Å²) in [6.07, 6.45) is 3.06. The summed E-state index contributed by atoms with van der Waals surface area (Å²) < 4.78 is 13.1. The van der Waals surface area contributed by atoms with Crippen molar-refractivity contribution >= 4 is 37.0 Å². The Balaban J connectivity index is 1.83. The summed E-state index contributed by atoms with van der Waals surface area (Å²) in [6, 6.07) is 8.24. The third kappa shape index (κ3) is 6.53. The summed E-state index contributed by atoms with van der Waals surface area (Å²) in [4.78, 5) is 20.7. The molecule has 3 aromatic rings. The summed E-state index contributed by atoms with van der Waals surface area (Å²) in [6.45, 7) is 7.98. The van der Waals surface area contributed by atoms with Gasteiger partial charge in [0.05, 0.1) is 29.6 Å². The molecule has 0 fully saturated rings. The van der Waals surface area contributed by atoms with E-state index in [0.717, 1.165) is 6.04 Å². The minimum absolute atomic E-state index is 0.259. The number of amides is 1. The zero-order chi connectivity index (χ0) is 24.0. The van der Waals surface area contributed by atoms with Crippen molar-refractivity contribution < 1.29 is 14.3 Å². The average molecular weight is 489 g/mol. The van der Waals surface area contributed by atoms with Gasteiger partial charge in [-0.25, -0.2) is 14.6 Å². The van der Waals surface area contributed by atoms with Gasteiger partial charge in [0.2, 0.25) is 0 Å². The van der Waals surface area contributed by atoms with E-state index in [0.29, 0.717) is 47.4 Å². The maximum atomic E-state index is 12.2. The highest BCUT2D eigenvalue weighted by Crippen LogP contribution is 2.37. The van der Waals surface area contributed by atoms with Gasteiger partial charge in [-0.15, -0.1) is 5.10 Å². The molecule has 2 aromatic heterocycles. The topological polar surface area (TPSA) is 103 Å². The molecule has 33 heavy (non-hydrogen) atoms. The molecule has 0 aliphatic rings. The zero-order valence-corrected chi connectivity index (χ0v) is 21.2. The SMILES string of the molecule is CNC(=O)c1cnc(Cl)cc1Nc1cccc(-c2ncn(COCC[Si](C)(C)C)n2)c1OC. The molecular weight excluding hydrogens is 460 g/mol. The predicted octanol–water partition coefficient (Wildman–Crippen LogP) is 4.42. The van der Waals surface area contributed by atoms with Crippen molar-refractivity contribution in [1.82, 2.24) is 25.1 Å². The largest absolute Gasteiger partial charge is 0.494 e. The number of nitrogens with zero attached hydrogens (tertiary/aromatic N) is 4. The Hall–Kier alpha value is -2.95. The summed E-state index contributed by atoms with van der Waals surface area (Å²) in [5.74, 6) is 0.751. The van der Waals surface area contributed by atoms with Crippen LogP contribution in [0.15, 0.2) is 36.8 Å². The number of rotatable bonds is 10. The van der Waals surface area contributed by atoms with E-state index in [9.17, 15) is 4.79 Å². The van der Waals surface area contributed by atoms with Gasteiger partial charge in [0, 0.05) is 27.9 Å². The van der Waals surface area contributed by atoms with Crippen molar-refractivity contribution in [2.75, 3.05) is 26.1 Å². The molecule has 1 aromatic carbocycles. The van der Waals surface area contributed by atoms with E-state index in [4.69, 9.17) is 21.1 Å². The fourth-order valence-electron chi connectivity index (χ4n) is 3.04. The van der Waals surface area contributed by atoms with Crippen LogP contribution in [0.5, 0.6) is 5.75 Å². The van der Waals surface area contributed by atoms with Gasteiger partial charge in [0.15, 0.2) is 11.6 Å². The first-order valence-electron chi connectivity index (χ1n) is 10.5. The number of halogens is 1. The Bertz CT molecular complexity index is 1120. The van der Waals surface area contributed by atoms with Gasteiger partial charge in [-0.1, -0.05) is 37.3 Å². The van der Waals surface area contributed by atoms with Crippen LogP contribution in [0.25, 0.3) is 11.4 Å². The molecular formula is C22H29ClN6O3Si. The summed E-state index contributed by atoms with van der Waals surface area (Å²) >= 11 is 6.06. The van der Waals surface area contributed by atoms with E-state index in [1.54, 1.807) is 31.2 Å². The van der Waals surface area contributed by atoms with Crippen molar-refractivity contribution in [2.45, 2.75) is 32.4 Å². The van der Waals surface area contributed by atoms with Crippen LogP contribution < -0.4 is 15.4 Å². The van der Waals surface area contributed by atoms with Crippen LogP contribution in [-0.2, 0) is 11.5 Å². The number of pyridine rings is 1. The molecule has 1 amide bonds. The smallest absolute Gasteiger partial charge is 0.254 e. The molecule has 0 aliphatic heterocycles. The molecule has 0 unspecified atom stereocenters. The lowest BCUT2D eigenvalue weighted by molar-refractivity contribution is 0.0784. The molecule has 176 valence electrons. The van der Waals surface area contributed by atoms with Gasteiger partial charge in [0.1, 0.15) is 18.2 Å².